The monoisotopic (exact) mass is 268 g/mol. The predicted molar refractivity (Wildman–Crippen MR) is 70.4 cm³/mol. The number of rotatable bonds is 4. The molecular formula is C13H17ClN2O2. The van der Waals surface area contributed by atoms with E-state index in [-0.39, 0.29) is 6.09 Å². The largest absolute Gasteiger partial charge is 0.441 e. The van der Waals surface area contributed by atoms with Gasteiger partial charge in [0, 0.05) is 11.4 Å². The van der Waals surface area contributed by atoms with Crippen LogP contribution in [0.3, 0.4) is 0 Å². The lowest BCUT2D eigenvalue weighted by molar-refractivity contribution is 0.0669. The van der Waals surface area contributed by atoms with Crippen LogP contribution in [0.1, 0.15) is 18.9 Å². The van der Waals surface area contributed by atoms with E-state index in [2.05, 4.69) is 0 Å². The van der Waals surface area contributed by atoms with Gasteiger partial charge in [-0.2, -0.15) is 0 Å². The normalized spacial score (nSPS) is 23.3. The fourth-order valence-electron chi connectivity index (χ4n) is 2.16. The minimum atomic E-state index is -0.479. The molecule has 1 aliphatic rings. The SMILES string of the molecule is CC1(CCN)CN(Cc2ccccc2Cl)C(=O)O1. The number of cyclic esters (lactones) is 1. The van der Waals surface area contributed by atoms with Crippen molar-refractivity contribution in [1.82, 2.24) is 4.90 Å². The number of hydrogen-bond acceptors (Lipinski definition) is 3. The Hall–Kier alpha value is -1.26. The van der Waals surface area contributed by atoms with Gasteiger partial charge in [-0.3, -0.25) is 4.90 Å². The molecule has 1 fully saturated rings. The number of carbonyl (C=O) groups is 1. The van der Waals surface area contributed by atoms with Gasteiger partial charge in [-0.25, -0.2) is 4.79 Å². The lowest BCUT2D eigenvalue weighted by Crippen LogP contribution is -2.33. The van der Waals surface area contributed by atoms with Gasteiger partial charge in [-0.1, -0.05) is 29.8 Å². The molecule has 1 atom stereocenters. The molecule has 0 saturated carbocycles. The van der Waals surface area contributed by atoms with Gasteiger partial charge < -0.3 is 10.5 Å². The van der Waals surface area contributed by atoms with Crippen LogP contribution in [-0.4, -0.2) is 29.7 Å². The van der Waals surface area contributed by atoms with E-state index in [1.54, 1.807) is 4.90 Å². The van der Waals surface area contributed by atoms with E-state index >= 15 is 0 Å². The summed E-state index contributed by atoms with van der Waals surface area (Å²) < 4.78 is 5.38. The highest BCUT2D eigenvalue weighted by Gasteiger charge is 2.40. The number of amides is 1. The lowest BCUT2D eigenvalue weighted by atomic mass is 10.0. The number of carbonyl (C=O) groups excluding carboxylic acids is 1. The Kier molecular flexibility index (Phi) is 3.78. The summed E-state index contributed by atoms with van der Waals surface area (Å²) in [7, 11) is 0. The van der Waals surface area contributed by atoms with Gasteiger partial charge in [0.1, 0.15) is 5.60 Å². The maximum absolute atomic E-state index is 11.8. The van der Waals surface area contributed by atoms with Crippen molar-refractivity contribution in [2.24, 2.45) is 5.73 Å². The van der Waals surface area contributed by atoms with Crippen molar-refractivity contribution in [1.29, 1.82) is 0 Å². The number of ether oxygens (including phenoxy) is 1. The zero-order valence-corrected chi connectivity index (χ0v) is 11.1. The van der Waals surface area contributed by atoms with E-state index in [9.17, 15) is 4.79 Å². The standard InChI is InChI=1S/C13H17ClN2O2/c1-13(6-7-15)9-16(12(17)18-13)8-10-4-2-3-5-11(10)14/h2-5H,6-9,15H2,1H3. The summed E-state index contributed by atoms with van der Waals surface area (Å²) >= 11 is 6.08. The van der Waals surface area contributed by atoms with Crippen molar-refractivity contribution in [3.8, 4) is 0 Å². The molecule has 1 amide bonds. The van der Waals surface area contributed by atoms with E-state index in [1.165, 1.54) is 0 Å². The second-order valence-corrected chi connectivity index (χ2v) is 5.21. The van der Waals surface area contributed by atoms with Gasteiger partial charge in [0.15, 0.2) is 0 Å². The Morgan fingerprint density at radius 2 is 2.22 bits per heavy atom. The molecule has 1 heterocycles. The Bertz CT molecular complexity index is 452. The molecule has 0 spiro atoms. The third-order valence-corrected chi connectivity index (χ3v) is 3.48. The van der Waals surface area contributed by atoms with Gasteiger partial charge in [-0.05, 0) is 25.1 Å². The number of benzene rings is 1. The first kappa shape index (κ1) is 13.2. The molecule has 1 aromatic rings. The van der Waals surface area contributed by atoms with Crippen molar-refractivity contribution in [3.05, 3.63) is 34.9 Å². The fourth-order valence-corrected chi connectivity index (χ4v) is 2.36. The molecule has 1 aromatic carbocycles. The molecule has 0 bridgehead atoms. The molecule has 0 radical (unpaired) electrons. The van der Waals surface area contributed by atoms with Crippen LogP contribution < -0.4 is 5.73 Å². The minimum Gasteiger partial charge on any atom is -0.441 e. The van der Waals surface area contributed by atoms with Gasteiger partial charge >= 0.3 is 6.09 Å². The molecule has 1 saturated heterocycles. The summed E-state index contributed by atoms with van der Waals surface area (Å²) in [5.74, 6) is 0. The van der Waals surface area contributed by atoms with Crippen LogP contribution in [0.5, 0.6) is 0 Å². The number of halogens is 1. The van der Waals surface area contributed by atoms with E-state index in [4.69, 9.17) is 22.1 Å². The zero-order valence-electron chi connectivity index (χ0n) is 10.4. The van der Waals surface area contributed by atoms with Crippen LogP contribution in [0.15, 0.2) is 24.3 Å². The maximum atomic E-state index is 11.8. The van der Waals surface area contributed by atoms with Crippen LogP contribution in [0, 0.1) is 0 Å². The molecule has 98 valence electrons. The van der Waals surface area contributed by atoms with Crippen molar-refractivity contribution in [2.45, 2.75) is 25.5 Å². The third-order valence-electron chi connectivity index (χ3n) is 3.11. The molecule has 2 rings (SSSR count). The smallest absolute Gasteiger partial charge is 0.410 e. The van der Waals surface area contributed by atoms with E-state index in [0.29, 0.717) is 31.1 Å². The average molecular weight is 269 g/mol. The molecular weight excluding hydrogens is 252 g/mol. The summed E-state index contributed by atoms with van der Waals surface area (Å²) in [6, 6.07) is 7.50. The van der Waals surface area contributed by atoms with Crippen LogP contribution in [-0.2, 0) is 11.3 Å². The highest BCUT2D eigenvalue weighted by atomic mass is 35.5. The molecule has 1 aliphatic heterocycles. The Morgan fingerprint density at radius 3 is 2.89 bits per heavy atom. The van der Waals surface area contributed by atoms with Crippen LogP contribution in [0.25, 0.3) is 0 Å². The first-order chi connectivity index (χ1) is 8.54. The van der Waals surface area contributed by atoms with Crippen molar-refractivity contribution < 1.29 is 9.53 Å². The highest BCUT2D eigenvalue weighted by Crippen LogP contribution is 2.28. The Morgan fingerprint density at radius 1 is 1.50 bits per heavy atom. The predicted octanol–water partition coefficient (Wildman–Crippen LogP) is 2.40. The summed E-state index contributed by atoms with van der Waals surface area (Å²) in [6.07, 6.45) is 0.364. The first-order valence-electron chi connectivity index (χ1n) is 5.95. The summed E-state index contributed by atoms with van der Waals surface area (Å²) in [4.78, 5) is 13.5. The molecule has 0 aliphatic carbocycles. The highest BCUT2D eigenvalue weighted by molar-refractivity contribution is 6.31. The second-order valence-electron chi connectivity index (χ2n) is 4.80. The molecule has 18 heavy (non-hydrogen) atoms. The zero-order chi connectivity index (χ0) is 13.2. The van der Waals surface area contributed by atoms with Gasteiger partial charge in [0.05, 0.1) is 13.1 Å². The van der Waals surface area contributed by atoms with Gasteiger partial charge in [-0.15, -0.1) is 0 Å². The van der Waals surface area contributed by atoms with Gasteiger partial charge in [0.2, 0.25) is 0 Å². The van der Waals surface area contributed by atoms with E-state index < -0.39 is 5.60 Å². The van der Waals surface area contributed by atoms with Crippen LogP contribution in [0.2, 0.25) is 5.02 Å². The molecule has 0 aromatic heterocycles. The third kappa shape index (κ3) is 2.76. The van der Waals surface area contributed by atoms with E-state index in [0.717, 1.165) is 5.56 Å². The van der Waals surface area contributed by atoms with Crippen molar-refractivity contribution in [2.75, 3.05) is 13.1 Å². The summed E-state index contributed by atoms with van der Waals surface area (Å²) in [5.41, 5.74) is 5.98. The molecule has 4 nitrogen and oxygen atoms in total. The second kappa shape index (κ2) is 5.16. The van der Waals surface area contributed by atoms with Crippen molar-refractivity contribution >= 4 is 17.7 Å². The topological polar surface area (TPSA) is 55.6 Å². The number of hydrogen-bond donors (Lipinski definition) is 1. The molecule has 2 N–H and O–H groups in total. The van der Waals surface area contributed by atoms with Gasteiger partial charge in [0.25, 0.3) is 0 Å². The Balaban J connectivity index is 2.07. The summed E-state index contributed by atoms with van der Waals surface area (Å²) in [5, 5.41) is 0.665. The number of nitrogens with zero attached hydrogens (tertiary/aromatic N) is 1. The lowest BCUT2D eigenvalue weighted by Gasteiger charge is -2.20. The van der Waals surface area contributed by atoms with Crippen LogP contribution in [0.4, 0.5) is 4.79 Å². The number of nitrogens with two attached hydrogens (primary N) is 1. The quantitative estimate of drug-likeness (QED) is 0.912. The summed E-state index contributed by atoms with van der Waals surface area (Å²) in [6.45, 7) is 3.43. The van der Waals surface area contributed by atoms with Crippen molar-refractivity contribution in [3.63, 3.8) is 0 Å². The maximum Gasteiger partial charge on any atom is 0.410 e. The van der Waals surface area contributed by atoms with E-state index in [1.807, 2.05) is 31.2 Å². The fraction of sp³-hybridized carbons (Fsp3) is 0.462. The molecule has 5 heteroatoms. The first-order valence-corrected chi connectivity index (χ1v) is 6.33. The minimum absolute atomic E-state index is 0.300. The Labute approximate surface area is 112 Å². The average Bonchev–Trinajstić information content (AvgIpc) is 2.57. The van der Waals surface area contributed by atoms with Crippen LogP contribution >= 0.6 is 11.6 Å². The molecule has 1 unspecified atom stereocenters.